The minimum Gasteiger partial charge on any atom is -0.350 e. The van der Waals surface area contributed by atoms with Crippen LogP contribution in [0.15, 0.2) is 0 Å². The second kappa shape index (κ2) is 3.13. The van der Waals surface area contributed by atoms with Crippen LogP contribution in [-0.2, 0) is 0 Å². The van der Waals surface area contributed by atoms with Crippen molar-refractivity contribution in [3.8, 4) is 0 Å². The highest BCUT2D eigenvalue weighted by atomic mass is 127. The van der Waals surface area contributed by atoms with Gasteiger partial charge >= 0.3 is 0 Å². The van der Waals surface area contributed by atoms with Gasteiger partial charge in [0, 0.05) is 6.04 Å². The maximum Gasteiger partial charge on any atom is 0.252 e. The van der Waals surface area contributed by atoms with Crippen molar-refractivity contribution < 1.29 is 0 Å². The zero-order valence-corrected chi connectivity index (χ0v) is 7.90. The summed E-state index contributed by atoms with van der Waals surface area (Å²) in [6.07, 6.45) is 0. The highest BCUT2D eigenvalue weighted by Crippen LogP contribution is 2.03. The van der Waals surface area contributed by atoms with E-state index in [-0.39, 0.29) is 0 Å². The van der Waals surface area contributed by atoms with Crippen LogP contribution >= 0.6 is 22.9 Å². The van der Waals surface area contributed by atoms with E-state index in [1.54, 1.807) is 2.90 Å². The molecule has 0 fully saturated rings. The molecule has 1 rings (SSSR count). The lowest BCUT2D eigenvalue weighted by Crippen LogP contribution is -2.12. The third-order valence-electron chi connectivity index (χ3n) is 0.851. The van der Waals surface area contributed by atoms with Crippen molar-refractivity contribution in [2.45, 2.75) is 19.9 Å². The van der Waals surface area contributed by atoms with E-state index in [9.17, 15) is 0 Å². The second-order valence-corrected chi connectivity index (χ2v) is 3.08. The zero-order valence-electron chi connectivity index (χ0n) is 5.74. The van der Waals surface area contributed by atoms with Crippen LogP contribution in [0, 0.1) is 0 Å². The fraction of sp³-hybridized carbons (Fsp3) is 0.750. The first-order chi connectivity index (χ1) is 4.70. The molecular weight excluding hydrogens is 245 g/mol. The molecule has 5 nitrogen and oxygen atoms in total. The summed E-state index contributed by atoms with van der Waals surface area (Å²) in [6.45, 7) is 4.07. The summed E-state index contributed by atoms with van der Waals surface area (Å²) in [4.78, 5) is 0. The van der Waals surface area contributed by atoms with E-state index in [4.69, 9.17) is 0 Å². The van der Waals surface area contributed by atoms with Crippen molar-refractivity contribution in [2.75, 3.05) is 5.32 Å². The Labute approximate surface area is 72.7 Å². The van der Waals surface area contributed by atoms with Crippen molar-refractivity contribution in [3.63, 3.8) is 0 Å². The molecule has 1 aromatic rings. The minimum absolute atomic E-state index is 0.361. The molecule has 0 aliphatic rings. The Morgan fingerprint density at radius 1 is 1.60 bits per heavy atom. The monoisotopic (exact) mass is 253 g/mol. The molecule has 0 saturated heterocycles. The number of anilines is 1. The van der Waals surface area contributed by atoms with Gasteiger partial charge in [-0.3, -0.25) is 0 Å². The molecule has 1 aromatic heterocycles. The summed E-state index contributed by atoms with van der Waals surface area (Å²) in [5, 5.41) is 13.9. The molecule has 56 valence electrons. The number of nitrogens with zero attached hydrogens (tertiary/aromatic N) is 4. The number of rotatable bonds is 2. The van der Waals surface area contributed by atoms with Gasteiger partial charge in [-0.2, -0.15) is 0 Å². The fourth-order valence-corrected chi connectivity index (χ4v) is 0.839. The number of aromatic nitrogens is 4. The van der Waals surface area contributed by atoms with E-state index in [1.807, 2.05) is 36.7 Å². The van der Waals surface area contributed by atoms with Gasteiger partial charge < -0.3 is 5.32 Å². The Morgan fingerprint density at radius 3 is 2.70 bits per heavy atom. The van der Waals surface area contributed by atoms with Crippen LogP contribution in [0.3, 0.4) is 0 Å². The molecule has 0 aliphatic carbocycles. The summed E-state index contributed by atoms with van der Waals surface area (Å²) in [7, 11) is 0. The van der Waals surface area contributed by atoms with Gasteiger partial charge in [0.05, 0.1) is 22.9 Å². The quantitative estimate of drug-likeness (QED) is 0.788. The molecule has 0 aromatic carbocycles. The standard InChI is InChI=1S/C4H8IN5/c1-3(2)6-4-7-8-9-10(4)5/h3H,1-2H3,(H,6,7,9). The molecule has 10 heavy (non-hydrogen) atoms. The van der Waals surface area contributed by atoms with Crippen LogP contribution in [0.5, 0.6) is 0 Å². The zero-order chi connectivity index (χ0) is 7.56. The Balaban J connectivity index is 2.65. The molecule has 6 heteroatoms. The topological polar surface area (TPSA) is 55.6 Å². The van der Waals surface area contributed by atoms with Crippen molar-refractivity contribution in [1.82, 2.24) is 18.4 Å². The lowest BCUT2D eigenvalue weighted by Gasteiger charge is -2.04. The van der Waals surface area contributed by atoms with Crippen LogP contribution in [0.2, 0.25) is 0 Å². The van der Waals surface area contributed by atoms with Gasteiger partial charge in [0.2, 0.25) is 0 Å². The smallest absolute Gasteiger partial charge is 0.252 e. The summed E-state index contributed by atoms with van der Waals surface area (Å²) in [6, 6.07) is 0.361. The van der Waals surface area contributed by atoms with E-state index < -0.39 is 0 Å². The first-order valence-corrected chi connectivity index (χ1v) is 3.87. The van der Waals surface area contributed by atoms with Gasteiger partial charge in [-0.1, -0.05) is 5.10 Å². The molecule has 0 amide bonds. The van der Waals surface area contributed by atoms with Gasteiger partial charge in [-0.15, -0.1) is 2.90 Å². The summed E-state index contributed by atoms with van der Waals surface area (Å²) in [5.41, 5.74) is 0. The number of hydrogen-bond donors (Lipinski definition) is 1. The van der Waals surface area contributed by atoms with E-state index in [0.717, 1.165) is 0 Å². The predicted octanol–water partition coefficient (Wildman–Crippen LogP) is 0.691. The summed E-state index contributed by atoms with van der Waals surface area (Å²) < 4.78 is 1.57. The van der Waals surface area contributed by atoms with Crippen LogP contribution < -0.4 is 5.32 Å². The molecule has 0 unspecified atom stereocenters. The van der Waals surface area contributed by atoms with Gasteiger partial charge in [0.1, 0.15) is 0 Å². The predicted molar refractivity (Wildman–Crippen MR) is 46.0 cm³/mol. The molecule has 0 spiro atoms. The van der Waals surface area contributed by atoms with Crippen molar-refractivity contribution in [1.29, 1.82) is 0 Å². The average molecular weight is 253 g/mol. The van der Waals surface area contributed by atoms with Gasteiger partial charge in [0.15, 0.2) is 0 Å². The van der Waals surface area contributed by atoms with Gasteiger partial charge in [0.25, 0.3) is 5.95 Å². The van der Waals surface area contributed by atoms with E-state index >= 15 is 0 Å². The first-order valence-electron chi connectivity index (χ1n) is 2.91. The first kappa shape index (κ1) is 7.70. The van der Waals surface area contributed by atoms with Crippen molar-refractivity contribution in [3.05, 3.63) is 0 Å². The van der Waals surface area contributed by atoms with Crippen LogP contribution in [0.4, 0.5) is 5.95 Å². The maximum atomic E-state index is 3.74. The lowest BCUT2D eigenvalue weighted by molar-refractivity contribution is 0.866. The van der Waals surface area contributed by atoms with Gasteiger partial charge in [-0.25, -0.2) is 0 Å². The highest BCUT2D eigenvalue weighted by Gasteiger charge is 2.02. The molecule has 1 heterocycles. The minimum atomic E-state index is 0.361. The molecule has 0 aliphatic heterocycles. The SMILES string of the molecule is CC(C)Nc1nnnn1I. The molecule has 0 radical (unpaired) electrons. The summed E-state index contributed by atoms with van der Waals surface area (Å²) in [5.74, 6) is 0.690. The Hall–Kier alpha value is -0.400. The Morgan fingerprint density at radius 2 is 2.30 bits per heavy atom. The number of hydrogen-bond acceptors (Lipinski definition) is 4. The number of tetrazole rings is 1. The summed E-state index contributed by atoms with van der Waals surface area (Å²) >= 11 is 2.01. The largest absolute Gasteiger partial charge is 0.350 e. The van der Waals surface area contributed by atoms with Gasteiger partial charge in [-0.05, 0) is 24.3 Å². The Bertz CT molecular complexity index is 207. The van der Waals surface area contributed by atoms with Crippen LogP contribution in [0.25, 0.3) is 0 Å². The maximum absolute atomic E-state index is 3.74. The number of halogens is 1. The molecule has 0 bridgehead atoms. The highest BCUT2D eigenvalue weighted by molar-refractivity contribution is 14.1. The molecule has 1 N–H and O–H groups in total. The third-order valence-corrected chi connectivity index (χ3v) is 1.50. The van der Waals surface area contributed by atoms with E-state index in [1.165, 1.54) is 0 Å². The average Bonchev–Trinajstić information content (AvgIpc) is 2.15. The van der Waals surface area contributed by atoms with Crippen molar-refractivity contribution >= 4 is 28.8 Å². The van der Waals surface area contributed by atoms with Crippen molar-refractivity contribution in [2.24, 2.45) is 0 Å². The van der Waals surface area contributed by atoms with E-state index in [0.29, 0.717) is 12.0 Å². The van der Waals surface area contributed by atoms with Crippen LogP contribution in [-0.4, -0.2) is 24.5 Å². The normalized spacial score (nSPS) is 10.4. The molecule has 0 saturated carbocycles. The van der Waals surface area contributed by atoms with Crippen LogP contribution in [0.1, 0.15) is 13.8 Å². The third kappa shape index (κ3) is 1.79. The molecular formula is C4H8IN5. The van der Waals surface area contributed by atoms with E-state index in [2.05, 4.69) is 20.8 Å². The Kier molecular flexibility index (Phi) is 2.41. The fourth-order valence-electron chi connectivity index (χ4n) is 0.517. The molecule has 0 atom stereocenters. The second-order valence-electron chi connectivity index (χ2n) is 2.16. The number of nitrogens with one attached hydrogen (secondary N) is 1. The lowest BCUT2D eigenvalue weighted by atomic mass is 10.4.